The van der Waals surface area contributed by atoms with Gasteiger partial charge in [0, 0.05) is 25.7 Å². The number of nitrogens with zero attached hydrogens (tertiary/aromatic N) is 2. The van der Waals surface area contributed by atoms with Crippen LogP contribution >= 0.6 is 11.3 Å². The number of carbonyl (C=O) groups is 2. The quantitative estimate of drug-likeness (QED) is 0.652. The molecule has 1 fully saturated rings. The summed E-state index contributed by atoms with van der Waals surface area (Å²) in [7, 11) is 1.74. The van der Waals surface area contributed by atoms with Crippen molar-refractivity contribution >= 4 is 23.2 Å². The molecule has 0 radical (unpaired) electrons. The Hall–Kier alpha value is -2.29. The molecule has 1 aliphatic rings. The van der Waals surface area contributed by atoms with E-state index in [4.69, 9.17) is 0 Å². The molecule has 162 valence electrons. The Labute approximate surface area is 181 Å². The highest BCUT2D eigenvalue weighted by atomic mass is 32.1. The van der Waals surface area contributed by atoms with Gasteiger partial charge in [-0.2, -0.15) is 0 Å². The second-order valence-corrected chi connectivity index (χ2v) is 9.65. The van der Waals surface area contributed by atoms with Crippen LogP contribution in [0, 0.1) is 5.41 Å². The highest BCUT2D eigenvalue weighted by molar-refractivity contribution is 7.13. The summed E-state index contributed by atoms with van der Waals surface area (Å²) < 4.78 is 0. The first-order valence-corrected chi connectivity index (χ1v) is 11.0. The van der Waals surface area contributed by atoms with Crippen LogP contribution in [-0.4, -0.2) is 58.6 Å². The number of hydrogen-bond donors (Lipinski definition) is 3. The van der Waals surface area contributed by atoms with Crippen molar-refractivity contribution < 1.29 is 14.7 Å². The summed E-state index contributed by atoms with van der Waals surface area (Å²) in [5.41, 5.74) is 3.55. The number of thiazole rings is 1. The number of rotatable bonds is 6. The number of aromatic nitrogens is 1. The standard InChI is InChI=1S/C22H30N4O3S/c1-22(2,3)19(23-4)21(29)26-12-16(27)9-17(26)20(28)25-10-14-5-7-15(8-6-14)18-11-24-13-30-18/h5-8,11,13,16-17,19,23,27H,9-10,12H2,1-4H3,(H,25,28)/t16-,17?,19-/m1/s1. The van der Waals surface area contributed by atoms with Crippen molar-refractivity contribution in [2.75, 3.05) is 13.6 Å². The molecule has 3 rings (SSSR count). The number of hydrogen-bond acceptors (Lipinski definition) is 6. The number of benzene rings is 1. The molecule has 1 aromatic heterocycles. The lowest BCUT2D eigenvalue weighted by Crippen LogP contribution is -2.55. The van der Waals surface area contributed by atoms with E-state index in [0.717, 1.165) is 16.0 Å². The number of aliphatic hydroxyl groups excluding tert-OH is 1. The highest BCUT2D eigenvalue weighted by Gasteiger charge is 2.43. The predicted molar refractivity (Wildman–Crippen MR) is 118 cm³/mol. The highest BCUT2D eigenvalue weighted by Crippen LogP contribution is 2.26. The second-order valence-electron chi connectivity index (χ2n) is 8.76. The van der Waals surface area contributed by atoms with Crippen molar-refractivity contribution in [3.8, 4) is 10.4 Å². The molecule has 1 aliphatic heterocycles. The third-order valence-corrected chi connectivity index (χ3v) is 6.23. The number of β-amino-alcohol motifs (C(OH)–C–C–N with tert-alkyl or cyclic N) is 1. The van der Waals surface area contributed by atoms with E-state index in [1.807, 2.05) is 51.2 Å². The summed E-state index contributed by atoms with van der Waals surface area (Å²) in [6.07, 6.45) is 1.39. The molecule has 3 N–H and O–H groups in total. The number of amides is 2. The maximum Gasteiger partial charge on any atom is 0.243 e. The van der Waals surface area contributed by atoms with Crippen LogP contribution in [0.3, 0.4) is 0 Å². The van der Waals surface area contributed by atoms with Gasteiger partial charge in [0.05, 0.1) is 22.5 Å². The Balaban J connectivity index is 1.64. The fourth-order valence-electron chi connectivity index (χ4n) is 3.85. The van der Waals surface area contributed by atoms with E-state index in [2.05, 4.69) is 15.6 Å². The predicted octanol–water partition coefficient (Wildman–Crippen LogP) is 2.02. The molecule has 7 nitrogen and oxygen atoms in total. The molecule has 0 spiro atoms. The molecule has 1 unspecified atom stereocenters. The Bertz CT molecular complexity index is 862. The van der Waals surface area contributed by atoms with Crippen molar-refractivity contribution in [2.24, 2.45) is 5.41 Å². The average molecular weight is 431 g/mol. The van der Waals surface area contributed by atoms with Crippen LogP contribution in [0.15, 0.2) is 36.0 Å². The van der Waals surface area contributed by atoms with E-state index in [9.17, 15) is 14.7 Å². The molecule has 30 heavy (non-hydrogen) atoms. The second kappa shape index (κ2) is 9.24. The van der Waals surface area contributed by atoms with Crippen LogP contribution < -0.4 is 10.6 Å². The third-order valence-electron chi connectivity index (χ3n) is 5.40. The van der Waals surface area contributed by atoms with Gasteiger partial charge in [-0.15, -0.1) is 11.3 Å². The molecule has 0 bridgehead atoms. The molecule has 1 saturated heterocycles. The fourth-order valence-corrected chi connectivity index (χ4v) is 4.48. The van der Waals surface area contributed by atoms with Gasteiger partial charge in [-0.25, -0.2) is 0 Å². The zero-order valence-corrected chi connectivity index (χ0v) is 18.7. The molecule has 1 aromatic carbocycles. The van der Waals surface area contributed by atoms with E-state index < -0.39 is 18.2 Å². The largest absolute Gasteiger partial charge is 0.391 e. The molecular formula is C22H30N4O3S. The number of carbonyl (C=O) groups excluding carboxylic acids is 2. The summed E-state index contributed by atoms with van der Waals surface area (Å²) in [6.45, 7) is 6.47. The average Bonchev–Trinajstić information content (AvgIpc) is 3.35. The summed E-state index contributed by atoms with van der Waals surface area (Å²) in [5, 5.41) is 16.1. The van der Waals surface area contributed by atoms with Gasteiger partial charge in [0.15, 0.2) is 0 Å². The van der Waals surface area contributed by atoms with Crippen LogP contribution in [0.25, 0.3) is 10.4 Å². The van der Waals surface area contributed by atoms with Crippen molar-refractivity contribution in [1.29, 1.82) is 0 Å². The molecular weight excluding hydrogens is 400 g/mol. The van der Waals surface area contributed by atoms with E-state index >= 15 is 0 Å². The first kappa shape index (κ1) is 22.4. The number of nitrogens with one attached hydrogen (secondary N) is 2. The zero-order valence-electron chi connectivity index (χ0n) is 17.9. The van der Waals surface area contributed by atoms with Gasteiger partial charge in [-0.05, 0) is 23.6 Å². The molecule has 2 aromatic rings. The fraction of sp³-hybridized carbons (Fsp3) is 0.500. The summed E-state index contributed by atoms with van der Waals surface area (Å²) in [5.74, 6) is -0.397. The maximum atomic E-state index is 13.1. The lowest BCUT2D eigenvalue weighted by atomic mass is 9.86. The van der Waals surface area contributed by atoms with Crippen molar-refractivity contribution in [2.45, 2.75) is 51.9 Å². The zero-order chi connectivity index (χ0) is 21.9. The van der Waals surface area contributed by atoms with Gasteiger partial charge < -0.3 is 20.6 Å². The van der Waals surface area contributed by atoms with Gasteiger partial charge in [-0.1, -0.05) is 45.0 Å². The molecule has 2 heterocycles. The van der Waals surface area contributed by atoms with Crippen molar-refractivity contribution in [1.82, 2.24) is 20.5 Å². The summed E-state index contributed by atoms with van der Waals surface area (Å²) >= 11 is 1.58. The molecule has 3 atom stereocenters. The van der Waals surface area contributed by atoms with Crippen molar-refractivity contribution in [3.05, 3.63) is 41.5 Å². The van der Waals surface area contributed by atoms with Gasteiger partial charge in [0.25, 0.3) is 0 Å². The Morgan fingerprint density at radius 2 is 2.00 bits per heavy atom. The Morgan fingerprint density at radius 1 is 1.30 bits per heavy atom. The minimum atomic E-state index is -0.694. The summed E-state index contributed by atoms with van der Waals surface area (Å²) in [6, 6.07) is 6.85. The lowest BCUT2D eigenvalue weighted by Gasteiger charge is -2.34. The molecule has 2 amide bonds. The Morgan fingerprint density at radius 3 is 2.57 bits per heavy atom. The van der Waals surface area contributed by atoms with Crippen LogP contribution in [0.5, 0.6) is 0 Å². The number of likely N-dealkylation sites (tertiary alicyclic amines) is 1. The minimum Gasteiger partial charge on any atom is -0.391 e. The van der Waals surface area contributed by atoms with E-state index in [1.165, 1.54) is 4.90 Å². The maximum absolute atomic E-state index is 13.1. The Kier molecular flexibility index (Phi) is 6.90. The first-order chi connectivity index (χ1) is 14.2. The molecule has 0 saturated carbocycles. The first-order valence-electron chi connectivity index (χ1n) is 10.1. The number of aliphatic hydroxyl groups is 1. The lowest BCUT2D eigenvalue weighted by molar-refractivity contribution is -0.142. The molecule has 8 heteroatoms. The number of likely N-dealkylation sites (N-methyl/N-ethyl adjacent to an activating group) is 1. The van der Waals surface area contributed by atoms with E-state index in [0.29, 0.717) is 6.54 Å². The van der Waals surface area contributed by atoms with Crippen LogP contribution in [0.1, 0.15) is 32.8 Å². The van der Waals surface area contributed by atoms with Gasteiger partial charge in [0.2, 0.25) is 11.8 Å². The van der Waals surface area contributed by atoms with Gasteiger partial charge in [-0.3, -0.25) is 14.6 Å². The van der Waals surface area contributed by atoms with Crippen LogP contribution in [0.2, 0.25) is 0 Å². The SMILES string of the molecule is CN[C@H](C(=O)N1C[C@H](O)CC1C(=O)NCc1ccc(-c2cncs2)cc1)C(C)(C)C. The topological polar surface area (TPSA) is 94.6 Å². The van der Waals surface area contributed by atoms with E-state index in [-0.39, 0.29) is 30.2 Å². The minimum absolute atomic E-state index is 0.157. The van der Waals surface area contributed by atoms with Crippen LogP contribution in [0.4, 0.5) is 0 Å². The van der Waals surface area contributed by atoms with Gasteiger partial charge in [0.1, 0.15) is 6.04 Å². The third kappa shape index (κ3) is 5.06. The van der Waals surface area contributed by atoms with E-state index in [1.54, 1.807) is 23.9 Å². The smallest absolute Gasteiger partial charge is 0.243 e. The van der Waals surface area contributed by atoms with Gasteiger partial charge >= 0.3 is 0 Å². The van der Waals surface area contributed by atoms with Crippen LogP contribution in [-0.2, 0) is 16.1 Å². The van der Waals surface area contributed by atoms with Crippen molar-refractivity contribution in [3.63, 3.8) is 0 Å². The molecule has 0 aliphatic carbocycles. The summed E-state index contributed by atoms with van der Waals surface area (Å²) in [4.78, 5) is 32.6. The normalized spacial score (nSPS) is 20.2. The monoisotopic (exact) mass is 430 g/mol.